The lowest BCUT2D eigenvalue weighted by atomic mass is 9.71. The van der Waals surface area contributed by atoms with Crippen molar-refractivity contribution in [2.75, 3.05) is 0 Å². The number of Topliss-reactive ketones (excluding diaryl/α,β-unsaturated/α-hetero) is 2. The van der Waals surface area contributed by atoms with E-state index in [0.717, 1.165) is 25.7 Å². The van der Waals surface area contributed by atoms with Crippen LogP contribution in [0.2, 0.25) is 0 Å². The van der Waals surface area contributed by atoms with Crippen LogP contribution in [0.1, 0.15) is 32.1 Å². The average Bonchev–Trinajstić information content (AvgIpc) is 1.98. The van der Waals surface area contributed by atoms with Gasteiger partial charge in [-0.2, -0.15) is 0 Å². The summed E-state index contributed by atoms with van der Waals surface area (Å²) in [6.07, 6.45) is 4.42. The summed E-state index contributed by atoms with van der Waals surface area (Å²) in [6.45, 7) is 0. The Labute approximate surface area is 66.0 Å². The molecular formula is C9H12O2. The first kappa shape index (κ1) is 7.01. The second-order valence-electron chi connectivity index (χ2n) is 3.59. The minimum atomic E-state index is -0.192. The molecule has 2 fully saturated rings. The van der Waals surface area contributed by atoms with Gasteiger partial charge in [0.1, 0.15) is 11.6 Å². The molecule has 0 radical (unpaired) electrons. The Bertz CT molecular complexity index is 208. The van der Waals surface area contributed by atoms with Crippen LogP contribution < -0.4 is 0 Å². The molecule has 2 heteroatoms. The van der Waals surface area contributed by atoms with Gasteiger partial charge in [0, 0.05) is 12.3 Å². The van der Waals surface area contributed by atoms with Gasteiger partial charge < -0.3 is 0 Å². The van der Waals surface area contributed by atoms with Crippen molar-refractivity contribution in [1.29, 1.82) is 0 Å². The maximum absolute atomic E-state index is 11.4. The lowest BCUT2D eigenvalue weighted by Gasteiger charge is -2.31. The number of hydrogen-bond acceptors (Lipinski definition) is 2. The first-order valence-corrected chi connectivity index (χ1v) is 4.35. The molecule has 0 heterocycles. The molecule has 2 nitrogen and oxygen atoms in total. The van der Waals surface area contributed by atoms with Crippen LogP contribution in [0.4, 0.5) is 0 Å². The van der Waals surface area contributed by atoms with Crippen molar-refractivity contribution in [2.24, 2.45) is 11.8 Å². The highest BCUT2D eigenvalue weighted by atomic mass is 16.2. The molecule has 2 aliphatic rings. The van der Waals surface area contributed by atoms with E-state index in [1.54, 1.807) is 0 Å². The molecule has 0 N–H and O–H groups in total. The lowest BCUT2D eigenvalue weighted by Crippen LogP contribution is -2.38. The molecule has 60 valence electrons. The van der Waals surface area contributed by atoms with E-state index in [0.29, 0.717) is 6.42 Å². The molecule has 2 atom stereocenters. The molecule has 0 aromatic rings. The van der Waals surface area contributed by atoms with E-state index in [9.17, 15) is 9.59 Å². The second kappa shape index (κ2) is 2.43. The highest BCUT2D eigenvalue weighted by molar-refractivity contribution is 6.05. The molecule has 2 bridgehead atoms. The smallest absolute Gasteiger partial charge is 0.146 e. The van der Waals surface area contributed by atoms with E-state index >= 15 is 0 Å². The number of carbonyl (C=O) groups is 2. The largest absolute Gasteiger partial charge is 0.299 e. The molecule has 0 saturated heterocycles. The van der Waals surface area contributed by atoms with Crippen LogP contribution in [-0.2, 0) is 9.59 Å². The standard InChI is InChI=1S/C9H12O2/c10-8-5-4-6-2-1-3-7(8)9(6)11/h6-7H,1-5H2. The highest BCUT2D eigenvalue weighted by Gasteiger charge is 2.39. The zero-order chi connectivity index (χ0) is 7.84. The average molecular weight is 152 g/mol. The van der Waals surface area contributed by atoms with Gasteiger partial charge in [-0.3, -0.25) is 9.59 Å². The van der Waals surface area contributed by atoms with Gasteiger partial charge in [0.25, 0.3) is 0 Å². The van der Waals surface area contributed by atoms with Crippen molar-refractivity contribution in [2.45, 2.75) is 32.1 Å². The third-order valence-electron chi connectivity index (χ3n) is 2.92. The summed E-state index contributed by atoms with van der Waals surface area (Å²) in [4.78, 5) is 22.6. The number of hydrogen-bond donors (Lipinski definition) is 0. The van der Waals surface area contributed by atoms with Crippen LogP contribution in [0.15, 0.2) is 0 Å². The molecule has 11 heavy (non-hydrogen) atoms. The molecule has 0 aromatic heterocycles. The number of rotatable bonds is 0. The van der Waals surface area contributed by atoms with Gasteiger partial charge in [-0.25, -0.2) is 0 Å². The van der Waals surface area contributed by atoms with Gasteiger partial charge in [0.15, 0.2) is 0 Å². The Hall–Kier alpha value is -0.660. The van der Waals surface area contributed by atoms with Crippen LogP contribution in [0.3, 0.4) is 0 Å². The van der Waals surface area contributed by atoms with E-state index in [2.05, 4.69) is 0 Å². The molecule has 0 aliphatic heterocycles. The summed E-state index contributed by atoms with van der Waals surface area (Å²) in [6, 6.07) is 0. The van der Waals surface area contributed by atoms with Crippen molar-refractivity contribution in [1.82, 2.24) is 0 Å². The van der Waals surface area contributed by atoms with Crippen LogP contribution in [0.5, 0.6) is 0 Å². The van der Waals surface area contributed by atoms with E-state index in [1.165, 1.54) is 0 Å². The first-order chi connectivity index (χ1) is 5.29. The summed E-state index contributed by atoms with van der Waals surface area (Å²) < 4.78 is 0. The molecule has 2 saturated carbocycles. The van der Waals surface area contributed by atoms with Gasteiger partial charge >= 0.3 is 0 Å². The fourth-order valence-electron chi connectivity index (χ4n) is 2.23. The maximum Gasteiger partial charge on any atom is 0.146 e. The summed E-state index contributed by atoms with van der Waals surface area (Å²) in [5, 5.41) is 0. The minimum absolute atomic E-state index is 0.192. The predicted molar refractivity (Wildman–Crippen MR) is 40.1 cm³/mol. The maximum atomic E-state index is 11.4. The topological polar surface area (TPSA) is 34.1 Å². The van der Waals surface area contributed by atoms with Gasteiger partial charge in [-0.15, -0.1) is 0 Å². The zero-order valence-corrected chi connectivity index (χ0v) is 6.51. The van der Waals surface area contributed by atoms with Crippen molar-refractivity contribution in [3.8, 4) is 0 Å². The molecule has 0 spiro atoms. The molecule has 0 amide bonds. The zero-order valence-electron chi connectivity index (χ0n) is 6.51. The number of fused-ring (bicyclic) bond motifs is 2. The molecular weight excluding hydrogens is 140 g/mol. The minimum Gasteiger partial charge on any atom is -0.299 e. The van der Waals surface area contributed by atoms with E-state index in [-0.39, 0.29) is 23.4 Å². The third kappa shape index (κ3) is 1.01. The molecule has 2 rings (SSSR count). The summed E-state index contributed by atoms with van der Waals surface area (Å²) in [5.41, 5.74) is 0. The highest BCUT2D eigenvalue weighted by Crippen LogP contribution is 2.34. The Morgan fingerprint density at radius 1 is 1.09 bits per heavy atom. The quantitative estimate of drug-likeness (QED) is 0.491. The Kier molecular flexibility index (Phi) is 1.55. The van der Waals surface area contributed by atoms with Crippen LogP contribution >= 0.6 is 0 Å². The predicted octanol–water partition coefficient (Wildman–Crippen LogP) is 1.33. The van der Waals surface area contributed by atoms with Crippen molar-refractivity contribution in [3.05, 3.63) is 0 Å². The lowest BCUT2D eigenvalue weighted by molar-refractivity contribution is -0.141. The number of ketones is 2. The van der Waals surface area contributed by atoms with Crippen LogP contribution in [0, 0.1) is 11.8 Å². The van der Waals surface area contributed by atoms with Crippen LogP contribution in [-0.4, -0.2) is 11.6 Å². The fraction of sp³-hybridized carbons (Fsp3) is 0.778. The monoisotopic (exact) mass is 152 g/mol. The Morgan fingerprint density at radius 3 is 2.64 bits per heavy atom. The van der Waals surface area contributed by atoms with Gasteiger partial charge in [0.2, 0.25) is 0 Å². The van der Waals surface area contributed by atoms with Crippen molar-refractivity contribution >= 4 is 11.6 Å². The number of carbonyl (C=O) groups excluding carboxylic acids is 2. The Morgan fingerprint density at radius 2 is 1.91 bits per heavy atom. The normalized spacial score (nSPS) is 37.5. The van der Waals surface area contributed by atoms with Crippen LogP contribution in [0.25, 0.3) is 0 Å². The van der Waals surface area contributed by atoms with Crippen molar-refractivity contribution in [3.63, 3.8) is 0 Å². The molecule has 0 aromatic carbocycles. The summed E-state index contributed by atoms with van der Waals surface area (Å²) in [5.74, 6) is 0.493. The van der Waals surface area contributed by atoms with E-state index < -0.39 is 0 Å². The molecule has 2 unspecified atom stereocenters. The van der Waals surface area contributed by atoms with E-state index in [1.807, 2.05) is 0 Å². The second-order valence-corrected chi connectivity index (χ2v) is 3.59. The van der Waals surface area contributed by atoms with Gasteiger partial charge in [0.05, 0.1) is 5.92 Å². The van der Waals surface area contributed by atoms with E-state index in [4.69, 9.17) is 0 Å². The third-order valence-corrected chi connectivity index (χ3v) is 2.92. The van der Waals surface area contributed by atoms with Gasteiger partial charge in [-0.05, 0) is 19.3 Å². The summed E-state index contributed by atoms with van der Waals surface area (Å²) in [7, 11) is 0. The SMILES string of the molecule is O=C1CCC2CCCC1C2=O. The van der Waals surface area contributed by atoms with Gasteiger partial charge in [-0.1, -0.05) is 6.42 Å². The first-order valence-electron chi connectivity index (χ1n) is 4.35. The molecule has 2 aliphatic carbocycles. The Balaban J connectivity index is 2.22. The summed E-state index contributed by atoms with van der Waals surface area (Å²) >= 11 is 0. The van der Waals surface area contributed by atoms with Crippen molar-refractivity contribution < 1.29 is 9.59 Å². The fourth-order valence-corrected chi connectivity index (χ4v) is 2.23.